The molecule has 0 saturated heterocycles. The fourth-order valence-electron chi connectivity index (χ4n) is 1.32. The number of nitrogens with zero attached hydrogens (tertiary/aromatic N) is 1. The lowest BCUT2D eigenvalue weighted by molar-refractivity contribution is 0.0602. The van der Waals surface area contributed by atoms with Gasteiger partial charge in [-0.05, 0) is 39.7 Å². The summed E-state index contributed by atoms with van der Waals surface area (Å²) in [7, 11) is 1.32. The molecule has 2 aromatic rings. The van der Waals surface area contributed by atoms with Crippen molar-refractivity contribution in [2.75, 3.05) is 7.11 Å². The van der Waals surface area contributed by atoms with Crippen molar-refractivity contribution in [1.29, 1.82) is 0 Å². The van der Waals surface area contributed by atoms with E-state index in [0.717, 1.165) is 0 Å². The molecular weight excluding hydrogens is 283 g/mol. The van der Waals surface area contributed by atoms with Gasteiger partial charge in [0.2, 0.25) is 5.28 Å². The lowest BCUT2D eigenvalue weighted by Crippen LogP contribution is -2.03. The van der Waals surface area contributed by atoms with Gasteiger partial charge in [-0.25, -0.2) is 9.78 Å². The molecule has 0 aliphatic rings. The number of halogens is 2. The molecule has 0 aliphatic heterocycles. The molecule has 0 radical (unpaired) electrons. The maximum atomic E-state index is 11.5. The van der Waals surface area contributed by atoms with Gasteiger partial charge in [-0.3, -0.25) is 0 Å². The summed E-state index contributed by atoms with van der Waals surface area (Å²) in [6, 6.07) is 3.52. The van der Waals surface area contributed by atoms with Crippen LogP contribution in [0.3, 0.4) is 0 Å². The quantitative estimate of drug-likeness (QED) is 0.821. The standard InChI is InChI=1S/C9H6BrClN2O2/c1-15-8(14)6-4(10)2-3-5-7(6)13-9(11)12-5/h2-3H,1H3,(H,12,13). The third-order valence-corrected chi connectivity index (χ3v) is 2.80. The summed E-state index contributed by atoms with van der Waals surface area (Å²) in [6.45, 7) is 0. The van der Waals surface area contributed by atoms with E-state index in [1.54, 1.807) is 12.1 Å². The van der Waals surface area contributed by atoms with Crippen molar-refractivity contribution < 1.29 is 9.53 Å². The molecule has 0 spiro atoms. The molecule has 15 heavy (non-hydrogen) atoms. The monoisotopic (exact) mass is 288 g/mol. The van der Waals surface area contributed by atoms with Gasteiger partial charge in [0.1, 0.15) is 11.1 Å². The highest BCUT2D eigenvalue weighted by atomic mass is 79.9. The number of rotatable bonds is 1. The average molecular weight is 290 g/mol. The normalized spacial score (nSPS) is 10.6. The Morgan fingerprint density at radius 2 is 2.33 bits per heavy atom. The van der Waals surface area contributed by atoms with Gasteiger partial charge in [0, 0.05) is 4.47 Å². The maximum absolute atomic E-state index is 11.5. The fraction of sp³-hybridized carbons (Fsp3) is 0.111. The van der Waals surface area contributed by atoms with Crippen LogP contribution < -0.4 is 0 Å². The number of hydrogen-bond donors (Lipinski definition) is 1. The predicted octanol–water partition coefficient (Wildman–Crippen LogP) is 2.77. The van der Waals surface area contributed by atoms with Crippen LogP contribution in [0.5, 0.6) is 0 Å². The number of esters is 1. The first-order chi connectivity index (χ1) is 7.13. The van der Waals surface area contributed by atoms with Crippen molar-refractivity contribution in [3.63, 3.8) is 0 Å². The minimum absolute atomic E-state index is 0.244. The summed E-state index contributed by atoms with van der Waals surface area (Å²) in [5.74, 6) is -0.448. The van der Waals surface area contributed by atoms with Crippen LogP contribution in [0.15, 0.2) is 16.6 Å². The highest BCUT2D eigenvalue weighted by Crippen LogP contribution is 2.26. The number of aromatic amines is 1. The largest absolute Gasteiger partial charge is 0.465 e. The fourth-order valence-corrected chi connectivity index (χ4v) is 1.99. The van der Waals surface area contributed by atoms with Crippen molar-refractivity contribution in [1.82, 2.24) is 9.97 Å². The number of fused-ring (bicyclic) bond motifs is 1. The Hall–Kier alpha value is -1.07. The Kier molecular flexibility index (Phi) is 2.67. The highest BCUT2D eigenvalue weighted by Gasteiger charge is 2.17. The van der Waals surface area contributed by atoms with Crippen molar-refractivity contribution in [2.24, 2.45) is 0 Å². The van der Waals surface area contributed by atoms with Gasteiger partial charge in [-0.2, -0.15) is 0 Å². The maximum Gasteiger partial charge on any atom is 0.341 e. The molecule has 1 heterocycles. The molecule has 2 rings (SSSR count). The number of imidazole rings is 1. The molecule has 1 aromatic heterocycles. The number of carbonyl (C=O) groups excluding carboxylic acids is 1. The highest BCUT2D eigenvalue weighted by molar-refractivity contribution is 9.10. The smallest absolute Gasteiger partial charge is 0.341 e. The minimum Gasteiger partial charge on any atom is -0.465 e. The summed E-state index contributed by atoms with van der Waals surface area (Å²) < 4.78 is 5.30. The number of hydrogen-bond acceptors (Lipinski definition) is 3. The second-order valence-corrected chi connectivity index (χ2v) is 4.05. The zero-order valence-electron chi connectivity index (χ0n) is 7.67. The molecule has 0 fully saturated rings. The first kappa shape index (κ1) is 10.4. The van der Waals surface area contributed by atoms with Crippen molar-refractivity contribution in [3.05, 3.63) is 27.5 Å². The Morgan fingerprint density at radius 1 is 1.60 bits per heavy atom. The molecule has 78 valence electrons. The van der Waals surface area contributed by atoms with E-state index in [2.05, 4.69) is 30.6 Å². The van der Waals surface area contributed by atoms with Crippen LogP contribution in [0.25, 0.3) is 11.0 Å². The van der Waals surface area contributed by atoms with E-state index in [1.165, 1.54) is 7.11 Å². The lowest BCUT2D eigenvalue weighted by Gasteiger charge is -2.02. The van der Waals surface area contributed by atoms with Gasteiger partial charge in [0.05, 0.1) is 12.6 Å². The molecule has 6 heteroatoms. The molecule has 0 unspecified atom stereocenters. The topological polar surface area (TPSA) is 55.0 Å². The van der Waals surface area contributed by atoms with E-state index in [9.17, 15) is 4.79 Å². The van der Waals surface area contributed by atoms with E-state index in [0.29, 0.717) is 21.1 Å². The van der Waals surface area contributed by atoms with Crippen molar-refractivity contribution in [2.45, 2.75) is 0 Å². The number of aromatic nitrogens is 2. The van der Waals surface area contributed by atoms with Crippen LogP contribution in [0.4, 0.5) is 0 Å². The SMILES string of the molecule is COC(=O)c1c(Br)ccc2[nH]c(Cl)nc12. The van der Waals surface area contributed by atoms with Crippen LogP contribution in [-0.4, -0.2) is 23.0 Å². The molecule has 1 N–H and O–H groups in total. The van der Waals surface area contributed by atoms with Crippen LogP contribution in [0.2, 0.25) is 5.28 Å². The van der Waals surface area contributed by atoms with Crippen LogP contribution in [0.1, 0.15) is 10.4 Å². The summed E-state index contributed by atoms with van der Waals surface area (Å²) in [5.41, 5.74) is 1.57. The summed E-state index contributed by atoms with van der Waals surface area (Å²) >= 11 is 8.99. The van der Waals surface area contributed by atoms with Gasteiger partial charge in [0.15, 0.2) is 0 Å². The van der Waals surface area contributed by atoms with E-state index in [-0.39, 0.29) is 5.28 Å². The number of ether oxygens (including phenoxy) is 1. The summed E-state index contributed by atoms with van der Waals surface area (Å²) in [4.78, 5) is 18.4. The Labute approximate surface area is 98.7 Å². The van der Waals surface area contributed by atoms with Crippen LogP contribution in [-0.2, 0) is 4.74 Å². The van der Waals surface area contributed by atoms with Gasteiger partial charge < -0.3 is 9.72 Å². The number of benzene rings is 1. The third-order valence-electron chi connectivity index (χ3n) is 1.96. The third kappa shape index (κ3) is 1.72. The number of H-pyrrole nitrogens is 1. The van der Waals surface area contributed by atoms with E-state index in [1.807, 2.05) is 0 Å². The van der Waals surface area contributed by atoms with E-state index >= 15 is 0 Å². The Morgan fingerprint density at radius 3 is 3.00 bits per heavy atom. The lowest BCUT2D eigenvalue weighted by atomic mass is 10.2. The van der Waals surface area contributed by atoms with E-state index < -0.39 is 5.97 Å². The Balaban J connectivity index is 2.78. The molecule has 1 aromatic carbocycles. The second kappa shape index (κ2) is 3.83. The molecule has 0 aliphatic carbocycles. The van der Waals surface area contributed by atoms with Crippen molar-refractivity contribution in [3.8, 4) is 0 Å². The van der Waals surface area contributed by atoms with Crippen LogP contribution >= 0.6 is 27.5 Å². The Bertz CT molecular complexity index is 538. The molecule has 0 saturated carbocycles. The first-order valence-electron chi connectivity index (χ1n) is 4.05. The van der Waals surface area contributed by atoms with Gasteiger partial charge in [-0.1, -0.05) is 0 Å². The van der Waals surface area contributed by atoms with Crippen molar-refractivity contribution >= 4 is 44.5 Å². The number of carbonyl (C=O) groups is 1. The van der Waals surface area contributed by atoms with E-state index in [4.69, 9.17) is 11.6 Å². The number of nitrogens with one attached hydrogen (secondary N) is 1. The molecular formula is C9H6BrClN2O2. The van der Waals surface area contributed by atoms with Gasteiger partial charge in [-0.15, -0.1) is 0 Å². The van der Waals surface area contributed by atoms with Gasteiger partial charge >= 0.3 is 5.97 Å². The number of methoxy groups -OCH3 is 1. The zero-order valence-corrected chi connectivity index (χ0v) is 10.0. The first-order valence-corrected chi connectivity index (χ1v) is 5.22. The molecule has 4 nitrogen and oxygen atoms in total. The summed E-state index contributed by atoms with van der Waals surface area (Å²) in [5, 5.41) is 0.244. The average Bonchev–Trinajstić information content (AvgIpc) is 2.57. The summed E-state index contributed by atoms with van der Waals surface area (Å²) in [6.07, 6.45) is 0. The van der Waals surface area contributed by atoms with Gasteiger partial charge in [0.25, 0.3) is 0 Å². The molecule has 0 bridgehead atoms. The zero-order chi connectivity index (χ0) is 11.0. The minimum atomic E-state index is -0.448. The molecule has 0 atom stereocenters. The van der Waals surface area contributed by atoms with Crippen LogP contribution in [0, 0.1) is 0 Å². The molecule has 0 amide bonds. The predicted molar refractivity (Wildman–Crippen MR) is 60.1 cm³/mol. The second-order valence-electron chi connectivity index (χ2n) is 2.84.